The third-order valence-electron chi connectivity index (χ3n) is 4.32. The first-order valence-corrected chi connectivity index (χ1v) is 8.65. The molecule has 0 saturated carbocycles. The Kier molecular flexibility index (Phi) is 6.80. The molecule has 3 N–H and O–H groups in total. The van der Waals surface area contributed by atoms with Crippen molar-refractivity contribution >= 4 is 17.6 Å². The van der Waals surface area contributed by atoms with Crippen molar-refractivity contribution in [2.45, 2.75) is 45.6 Å². The van der Waals surface area contributed by atoms with E-state index in [1.165, 1.54) is 36.1 Å². The fourth-order valence-electron chi connectivity index (χ4n) is 2.84. The molecule has 7 heteroatoms. The standard InChI is InChI=1S/C18H26N4O3/c1-13-8-9-15(21-18(25)19-2)17(24)22(13)12-16(23)20-11-10-14-6-4-3-5-7-14/h6,8-9H,3-5,7,10-12H2,1-2H3,(H,20,23)(H2,19,21,25). The number of carbonyl (C=O) groups is 2. The van der Waals surface area contributed by atoms with Crippen LogP contribution in [0.15, 0.2) is 28.6 Å². The van der Waals surface area contributed by atoms with Crippen LogP contribution in [0.4, 0.5) is 10.5 Å². The smallest absolute Gasteiger partial charge is 0.319 e. The normalized spacial score (nSPS) is 13.8. The van der Waals surface area contributed by atoms with Gasteiger partial charge in [0.2, 0.25) is 5.91 Å². The van der Waals surface area contributed by atoms with Crippen molar-refractivity contribution in [1.82, 2.24) is 15.2 Å². The van der Waals surface area contributed by atoms with Gasteiger partial charge in [0.1, 0.15) is 12.2 Å². The van der Waals surface area contributed by atoms with Crippen LogP contribution in [0.2, 0.25) is 0 Å². The first kappa shape index (κ1) is 18.8. The molecular weight excluding hydrogens is 320 g/mol. The third-order valence-corrected chi connectivity index (χ3v) is 4.32. The van der Waals surface area contributed by atoms with Gasteiger partial charge in [-0.2, -0.15) is 0 Å². The number of rotatable bonds is 6. The van der Waals surface area contributed by atoms with Gasteiger partial charge in [0.25, 0.3) is 5.56 Å². The van der Waals surface area contributed by atoms with E-state index in [0.29, 0.717) is 12.2 Å². The van der Waals surface area contributed by atoms with Gasteiger partial charge in [0, 0.05) is 19.3 Å². The number of urea groups is 1. The number of allylic oxidation sites excluding steroid dienone is 1. The minimum absolute atomic E-state index is 0.0625. The topological polar surface area (TPSA) is 92.2 Å². The Bertz CT molecular complexity index is 722. The van der Waals surface area contributed by atoms with Gasteiger partial charge in [-0.05, 0) is 51.2 Å². The molecule has 0 atom stereocenters. The Hall–Kier alpha value is -2.57. The molecule has 2 rings (SSSR count). The number of aryl methyl sites for hydroxylation is 1. The molecule has 0 bridgehead atoms. The Morgan fingerprint density at radius 3 is 2.72 bits per heavy atom. The van der Waals surface area contributed by atoms with Crippen molar-refractivity contribution in [2.75, 3.05) is 18.9 Å². The molecule has 1 aliphatic rings. The summed E-state index contributed by atoms with van der Waals surface area (Å²) in [4.78, 5) is 36.0. The summed E-state index contributed by atoms with van der Waals surface area (Å²) in [5, 5.41) is 7.72. The number of nitrogens with one attached hydrogen (secondary N) is 3. The molecule has 1 aliphatic carbocycles. The summed E-state index contributed by atoms with van der Waals surface area (Å²) in [7, 11) is 1.47. The van der Waals surface area contributed by atoms with E-state index in [2.05, 4.69) is 22.0 Å². The molecule has 0 saturated heterocycles. The Labute approximate surface area is 147 Å². The number of nitrogens with zero attached hydrogens (tertiary/aromatic N) is 1. The zero-order valence-electron chi connectivity index (χ0n) is 14.9. The molecular formula is C18H26N4O3. The Balaban J connectivity index is 1.95. The molecule has 0 spiro atoms. The van der Waals surface area contributed by atoms with Crippen LogP contribution < -0.4 is 21.5 Å². The second-order valence-electron chi connectivity index (χ2n) is 6.19. The lowest BCUT2D eigenvalue weighted by Crippen LogP contribution is -2.36. The lowest BCUT2D eigenvalue weighted by Gasteiger charge is -2.14. The van der Waals surface area contributed by atoms with Crippen LogP contribution in [0.1, 0.15) is 37.8 Å². The molecule has 1 heterocycles. The zero-order chi connectivity index (χ0) is 18.2. The predicted molar refractivity (Wildman–Crippen MR) is 97.7 cm³/mol. The van der Waals surface area contributed by atoms with Crippen molar-refractivity contribution in [3.8, 4) is 0 Å². The second kappa shape index (κ2) is 9.05. The van der Waals surface area contributed by atoms with Gasteiger partial charge in [-0.25, -0.2) is 4.79 Å². The summed E-state index contributed by atoms with van der Waals surface area (Å²) >= 11 is 0. The number of hydrogen-bond acceptors (Lipinski definition) is 3. The van der Waals surface area contributed by atoms with Gasteiger partial charge in [-0.3, -0.25) is 9.59 Å². The maximum Gasteiger partial charge on any atom is 0.319 e. The van der Waals surface area contributed by atoms with Crippen LogP contribution in [0.25, 0.3) is 0 Å². The molecule has 1 aromatic rings. The minimum atomic E-state index is -0.474. The quantitative estimate of drug-likeness (QED) is 0.687. The molecule has 7 nitrogen and oxygen atoms in total. The van der Waals surface area contributed by atoms with E-state index in [0.717, 1.165) is 19.3 Å². The molecule has 1 aromatic heterocycles. The van der Waals surface area contributed by atoms with Crippen LogP contribution >= 0.6 is 0 Å². The fourth-order valence-corrected chi connectivity index (χ4v) is 2.84. The first-order chi connectivity index (χ1) is 12.0. The van der Waals surface area contributed by atoms with Crippen LogP contribution in [0.5, 0.6) is 0 Å². The minimum Gasteiger partial charge on any atom is -0.354 e. The lowest BCUT2D eigenvalue weighted by molar-refractivity contribution is -0.121. The molecule has 0 aliphatic heterocycles. The molecule has 25 heavy (non-hydrogen) atoms. The number of carbonyl (C=O) groups excluding carboxylic acids is 2. The van der Waals surface area contributed by atoms with Crippen LogP contribution in [-0.2, 0) is 11.3 Å². The highest BCUT2D eigenvalue weighted by Crippen LogP contribution is 2.19. The molecule has 3 amide bonds. The largest absolute Gasteiger partial charge is 0.354 e. The molecule has 0 aromatic carbocycles. The zero-order valence-corrected chi connectivity index (χ0v) is 14.9. The van der Waals surface area contributed by atoms with Crippen molar-refractivity contribution < 1.29 is 9.59 Å². The van der Waals surface area contributed by atoms with E-state index in [-0.39, 0.29) is 18.1 Å². The van der Waals surface area contributed by atoms with Gasteiger partial charge in [-0.1, -0.05) is 11.6 Å². The summed E-state index contributed by atoms with van der Waals surface area (Å²) in [6.07, 6.45) is 7.83. The summed E-state index contributed by atoms with van der Waals surface area (Å²) in [5.74, 6) is -0.210. The van der Waals surface area contributed by atoms with Crippen molar-refractivity contribution in [3.63, 3.8) is 0 Å². The summed E-state index contributed by atoms with van der Waals surface area (Å²) < 4.78 is 1.36. The molecule has 0 radical (unpaired) electrons. The molecule has 0 fully saturated rings. The number of hydrogen-bond donors (Lipinski definition) is 3. The van der Waals surface area contributed by atoms with E-state index in [4.69, 9.17) is 0 Å². The number of anilines is 1. The average Bonchev–Trinajstić information content (AvgIpc) is 2.62. The predicted octanol–water partition coefficient (Wildman–Crippen LogP) is 1.91. The summed E-state index contributed by atoms with van der Waals surface area (Å²) in [6.45, 7) is 2.27. The van der Waals surface area contributed by atoms with Crippen molar-refractivity contribution in [1.29, 1.82) is 0 Å². The highest BCUT2D eigenvalue weighted by atomic mass is 16.2. The van der Waals surface area contributed by atoms with Crippen molar-refractivity contribution in [2.24, 2.45) is 0 Å². The average molecular weight is 346 g/mol. The van der Waals surface area contributed by atoms with Gasteiger partial charge in [0.05, 0.1) is 0 Å². The fraction of sp³-hybridized carbons (Fsp3) is 0.500. The SMILES string of the molecule is CNC(=O)Nc1ccc(C)n(CC(=O)NCCC2=CCCCC2)c1=O. The lowest BCUT2D eigenvalue weighted by atomic mass is 9.97. The molecule has 136 valence electrons. The second-order valence-corrected chi connectivity index (χ2v) is 6.19. The van der Waals surface area contributed by atoms with Crippen LogP contribution in [0.3, 0.4) is 0 Å². The maximum atomic E-state index is 12.4. The van der Waals surface area contributed by atoms with Crippen LogP contribution in [-0.4, -0.2) is 30.1 Å². The van der Waals surface area contributed by atoms with E-state index >= 15 is 0 Å². The van der Waals surface area contributed by atoms with Gasteiger partial charge < -0.3 is 20.5 Å². The van der Waals surface area contributed by atoms with Gasteiger partial charge in [0.15, 0.2) is 0 Å². The van der Waals surface area contributed by atoms with E-state index < -0.39 is 11.6 Å². The Morgan fingerprint density at radius 1 is 1.24 bits per heavy atom. The van der Waals surface area contributed by atoms with E-state index in [1.807, 2.05) is 0 Å². The highest BCUT2D eigenvalue weighted by Gasteiger charge is 2.12. The summed E-state index contributed by atoms with van der Waals surface area (Å²) in [6, 6.07) is 2.77. The monoisotopic (exact) mass is 346 g/mol. The number of pyridine rings is 1. The molecule has 0 unspecified atom stereocenters. The number of aromatic nitrogens is 1. The van der Waals surface area contributed by atoms with Crippen LogP contribution in [0, 0.1) is 6.92 Å². The van der Waals surface area contributed by atoms with Gasteiger partial charge in [-0.15, -0.1) is 0 Å². The van der Waals surface area contributed by atoms with E-state index in [9.17, 15) is 14.4 Å². The summed E-state index contributed by atoms with van der Waals surface area (Å²) in [5.41, 5.74) is 1.81. The van der Waals surface area contributed by atoms with E-state index in [1.54, 1.807) is 13.0 Å². The first-order valence-electron chi connectivity index (χ1n) is 8.65. The number of amides is 3. The Morgan fingerprint density at radius 2 is 2.04 bits per heavy atom. The maximum absolute atomic E-state index is 12.4. The third kappa shape index (κ3) is 5.48. The highest BCUT2D eigenvalue weighted by molar-refractivity contribution is 5.88. The van der Waals surface area contributed by atoms with Gasteiger partial charge >= 0.3 is 6.03 Å². The van der Waals surface area contributed by atoms with Crippen molar-refractivity contribution in [3.05, 3.63) is 39.8 Å².